The summed E-state index contributed by atoms with van der Waals surface area (Å²) in [5, 5.41) is 18.1. The van der Waals surface area contributed by atoms with Crippen molar-refractivity contribution in [2.24, 2.45) is 7.05 Å². The molecular weight excluding hydrogens is 246 g/mol. The number of rotatable bonds is 4. The van der Waals surface area contributed by atoms with E-state index in [1.807, 2.05) is 19.1 Å². The lowest BCUT2D eigenvalue weighted by Crippen LogP contribution is -2.06. The molecule has 0 radical (unpaired) electrons. The highest BCUT2D eigenvalue weighted by Crippen LogP contribution is 2.27. The Kier molecular flexibility index (Phi) is 3.46. The Bertz CT molecular complexity index is 603. The summed E-state index contributed by atoms with van der Waals surface area (Å²) in [4.78, 5) is 14.8. The van der Waals surface area contributed by atoms with Gasteiger partial charge in [0.15, 0.2) is 0 Å². The summed E-state index contributed by atoms with van der Waals surface area (Å²) < 4.78 is 1.48. The van der Waals surface area contributed by atoms with E-state index in [9.17, 15) is 10.1 Å². The summed E-state index contributed by atoms with van der Waals surface area (Å²) in [5.41, 5.74) is 2.31. The number of hydrogen-bond donors (Lipinski definition) is 1. The predicted octanol–water partition coefficient (Wildman–Crippen LogP) is 1.95. The van der Waals surface area contributed by atoms with E-state index in [2.05, 4.69) is 15.4 Å². The fourth-order valence-corrected chi connectivity index (χ4v) is 1.85. The van der Waals surface area contributed by atoms with Crippen molar-refractivity contribution in [3.63, 3.8) is 0 Å². The standard InChI is InChI=1S/C12H15N5O2/c1-8-4-5-10(6-13-8)7-14-12-11(17(18)19)9(2)15-16(12)3/h4-6,14H,7H2,1-3H3. The molecule has 0 aliphatic carbocycles. The van der Waals surface area contributed by atoms with Crippen molar-refractivity contribution in [1.29, 1.82) is 0 Å². The second kappa shape index (κ2) is 5.05. The molecule has 0 saturated carbocycles. The minimum atomic E-state index is -0.419. The van der Waals surface area contributed by atoms with Crippen LogP contribution < -0.4 is 5.32 Å². The van der Waals surface area contributed by atoms with Crippen molar-refractivity contribution in [2.75, 3.05) is 5.32 Å². The van der Waals surface area contributed by atoms with Crippen LogP contribution in [0.4, 0.5) is 11.5 Å². The first-order chi connectivity index (χ1) is 8.99. The molecule has 0 aliphatic rings. The van der Waals surface area contributed by atoms with Crippen LogP contribution in [-0.2, 0) is 13.6 Å². The Labute approximate surface area is 110 Å². The van der Waals surface area contributed by atoms with Gasteiger partial charge in [-0.2, -0.15) is 5.10 Å². The molecule has 0 bridgehead atoms. The lowest BCUT2D eigenvalue weighted by molar-refractivity contribution is -0.384. The minimum Gasteiger partial charge on any atom is -0.360 e. The number of pyridine rings is 1. The minimum absolute atomic E-state index is 0.0163. The fourth-order valence-electron chi connectivity index (χ4n) is 1.85. The van der Waals surface area contributed by atoms with E-state index >= 15 is 0 Å². The molecule has 100 valence electrons. The first-order valence-corrected chi connectivity index (χ1v) is 5.82. The highest BCUT2D eigenvalue weighted by Gasteiger charge is 2.23. The van der Waals surface area contributed by atoms with Crippen molar-refractivity contribution in [1.82, 2.24) is 14.8 Å². The molecule has 2 aromatic heterocycles. The Hall–Kier alpha value is -2.44. The summed E-state index contributed by atoms with van der Waals surface area (Å²) in [6, 6.07) is 3.84. The smallest absolute Gasteiger partial charge is 0.333 e. The van der Waals surface area contributed by atoms with E-state index in [4.69, 9.17) is 0 Å². The maximum Gasteiger partial charge on any atom is 0.333 e. The maximum absolute atomic E-state index is 11.0. The van der Waals surface area contributed by atoms with Gasteiger partial charge in [0.1, 0.15) is 5.69 Å². The zero-order chi connectivity index (χ0) is 14.0. The van der Waals surface area contributed by atoms with Gasteiger partial charge in [-0.15, -0.1) is 0 Å². The Morgan fingerprint density at radius 3 is 2.74 bits per heavy atom. The number of hydrogen-bond acceptors (Lipinski definition) is 5. The summed E-state index contributed by atoms with van der Waals surface area (Å²) in [6.45, 7) is 4.00. The lowest BCUT2D eigenvalue weighted by Gasteiger charge is -2.06. The zero-order valence-corrected chi connectivity index (χ0v) is 11.0. The molecule has 0 aromatic carbocycles. The topological polar surface area (TPSA) is 85.9 Å². The molecule has 7 nitrogen and oxygen atoms in total. The van der Waals surface area contributed by atoms with Crippen LogP contribution in [0.1, 0.15) is 17.0 Å². The average Bonchev–Trinajstić information content (AvgIpc) is 2.63. The second-order valence-electron chi connectivity index (χ2n) is 4.32. The van der Waals surface area contributed by atoms with Gasteiger partial charge in [0.05, 0.1) is 4.92 Å². The third kappa shape index (κ3) is 2.70. The number of nitro groups is 1. The van der Waals surface area contributed by atoms with Gasteiger partial charge in [0.2, 0.25) is 5.82 Å². The number of aryl methyl sites for hydroxylation is 3. The van der Waals surface area contributed by atoms with Crippen molar-refractivity contribution in [3.05, 3.63) is 45.4 Å². The first kappa shape index (κ1) is 13.0. The van der Waals surface area contributed by atoms with Crippen LogP contribution in [0.2, 0.25) is 0 Å². The number of nitrogens with one attached hydrogen (secondary N) is 1. The summed E-state index contributed by atoms with van der Waals surface area (Å²) in [7, 11) is 1.68. The fraction of sp³-hybridized carbons (Fsp3) is 0.333. The molecule has 0 spiro atoms. The van der Waals surface area contributed by atoms with Crippen LogP contribution in [0.15, 0.2) is 18.3 Å². The van der Waals surface area contributed by atoms with Crippen molar-refractivity contribution < 1.29 is 4.92 Å². The highest BCUT2D eigenvalue weighted by atomic mass is 16.6. The predicted molar refractivity (Wildman–Crippen MR) is 70.9 cm³/mol. The molecule has 2 heterocycles. The Balaban J connectivity index is 2.20. The SMILES string of the molecule is Cc1ccc(CNc2c([N+](=O)[O-])c(C)nn2C)cn1. The van der Waals surface area contributed by atoms with Gasteiger partial charge in [-0.05, 0) is 25.5 Å². The molecule has 0 saturated heterocycles. The largest absolute Gasteiger partial charge is 0.360 e. The van der Waals surface area contributed by atoms with Crippen LogP contribution in [0.3, 0.4) is 0 Å². The number of aromatic nitrogens is 3. The third-order valence-corrected chi connectivity index (χ3v) is 2.81. The van der Waals surface area contributed by atoms with Gasteiger partial charge >= 0.3 is 5.69 Å². The molecule has 0 unspecified atom stereocenters. The van der Waals surface area contributed by atoms with E-state index < -0.39 is 4.92 Å². The lowest BCUT2D eigenvalue weighted by atomic mass is 10.2. The van der Waals surface area contributed by atoms with E-state index in [-0.39, 0.29) is 5.69 Å². The van der Waals surface area contributed by atoms with Crippen molar-refractivity contribution in [2.45, 2.75) is 20.4 Å². The molecule has 0 amide bonds. The Morgan fingerprint density at radius 2 is 2.16 bits per heavy atom. The molecule has 1 N–H and O–H groups in total. The highest BCUT2D eigenvalue weighted by molar-refractivity contribution is 5.59. The monoisotopic (exact) mass is 261 g/mol. The quantitative estimate of drug-likeness (QED) is 0.671. The van der Waals surface area contributed by atoms with Gasteiger partial charge in [0.25, 0.3) is 0 Å². The van der Waals surface area contributed by atoms with Crippen LogP contribution in [-0.4, -0.2) is 19.7 Å². The van der Waals surface area contributed by atoms with Gasteiger partial charge in [-0.3, -0.25) is 15.1 Å². The molecule has 19 heavy (non-hydrogen) atoms. The molecule has 0 aliphatic heterocycles. The maximum atomic E-state index is 11.0. The Morgan fingerprint density at radius 1 is 1.42 bits per heavy atom. The average molecular weight is 261 g/mol. The molecule has 7 heteroatoms. The summed E-state index contributed by atoms with van der Waals surface area (Å²) in [5.74, 6) is 0.406. The molecule has 0 atom stereocenters. The van der Waals surface area contributed by atoms with E-state index in [1.165, 1.54) is 4.68 Å². The summed E-state index contributed by atoms with van der Waals surface area (Å²) >= 11 is 0. The van der Waals surface area contributed by atoms with E-state index in [0.717, 1.165) is 11.3 Å². The molecule has 0 fully saturated rings. The third-order valence-electron chi connectivity index (χ3n) is 2.81. The molecular formula is C12H15N5O2. The van der Waals surface area contributed by atoms with Crippen LogP contribution >= 0.6 is 0 Å². The van der Waals surface area contributed by atoms with Gasteiger partial charge in [-0.1, -0.05) is 6.07 Å². The molecule has 2 rings (SSSR count). The normalized spacial score (nSPS) is 10.5. The van der Waals surface area contributed by atoms with Gasteiger partial charge < -0.3 is 5.32 Å². The van der Waals surface area contributed by atoms with Crippen molar-refractivity contribution in [3.8, 4) is 0 Å². The van der Waals surface area contributed by atoms with E-state index in [0.29, 0.717) is 18.1 Å². The summed E-state index contributed by atoms with van der Waals surface area (Å²) in [6.07, 6.45) is 1.75. The first-order valence-electron chi connectivity index (χ1n) is 5.82. The second-order valence-corrected chi connectivity index (χ2v) is 4.32. The van der Waals surface area contributed by atoms with Gasteiger partial charge in [-0.25, -0.2) is 4.68 Å². The van der Waals surface area contributed by atoms with Crippen LogP contribution in [0.5, 0.6) is 0 Å². The number of anilines is 1. The van der Waals surface area contributed by atoms with Crippen LogP contribution in [0.25, 0.3) is 0 Å². The van der Waals surface area contributed by atoms with Crippen molar-refractivity contribution >= 4 is 11.5 Å². The van der Waals surface area contributed by atoms with Crippen LogP contribution in [0, 0.1) is 24.0 Å². The number of nitrogens with zero attached hydrogens (tertiary/aromatic N) is 4. The van der Waals surface area contributed by atoms with Gasteiger partial charge in [0, 0.05) is 25.5 Å². The van der Waals surface area contributed by atoms with E-state index in [1.54, 1.807) is 20.2 Å². The molecule has 2 aromatic rings. The zero-order valence-electron chi connectivity index (χ0n) is 11.0.